The van der Waals surface area contributed by atoms with Crippen molar-refractivity contribution in [1.29, 1.82) is 0 Å². The Morgan fingerprint density at radius 1 is 0.474 bits per heavy atom. The number of hydrogen-bond donors (Lipinski definition) is 0. The second-order valence-corrected chi connectivity index (χ2v) is 11.5. The van der Waals surface area contributed by atoms with Crippen LogP contribution in [-0.2, 0) is 32.5 Å². The van der Waals surface area contributed by atoms with E-state index in [4.69, 9.17) is 0 Å². The summed E-state index contributed by atoms with van der Waals surface area (Å²) in [6.07, 6.45) is 0. The molecule has 0 aliphatic rings. The Morgan fingerprint density at radius 2 is 0.763 bits per heavy atom. The van der Waals surface area contributed by atoms with Crippen LogP contribution in [0.4, 0.5) is 0 Å². The zero-order chi connectivity index (χ0) is 24.8. The van der Waals surface area contributed by atoms with Gasteiger partial charge in [-0.2, -0.15) is 17.7 Å². The van der Waals surface area contributed by atoms with Crippen LogP contribution in [0.5, 0.6) is 0 Å². The van der Waals surface area contributed by atoms with Gasteiger partial charge in [0.05, 0.1) is 0 Å². The number of hydrogen-bond acceptors (Lipinski definition) is 0. The first kappa shape index (κ1) is 36.6. The van der Waals surface area contributed by atoms with Gasteiger partial charge >= 0.3 is 21.7 Å². The quantitative estimate of drug-likeness (QED) is 0.175. The molecule has 0 aliphatic carbocycles. The molecule has 4 aromatic carbocycles. The van der Waals surface area contributed by atoms with E-state index in [1.165, 1.54) is 61.2 Å². The number of halogens is 3. The second-order valence-electron chi connectivity index (χ2n) is 11.5. The fraction of sp³-hybridized carbons (Fsp3) is 0.324. The molecule has 0 atom stereocenters. The van der Waals surface area contributed by atoms with Crippen LogP contribution in [0.2, 0.25) is 0 Å². The summed E-state index contributed by atoms with van der Waals surface area (Å²) in [7, 11) is 0. The minimum atomic E-state index is -0.395. The summed E-state index contributed by atoms with van der Waals surface area (Å²) >= 11 is 0. The van der Waals surface area contributed by atoms with Crippen LogP contribution >= 0.6 is 0 Å². The number of rotatable bonds is 4. The van der Waals surface area contributed by atoms with E-state index < -0.39 is 5.41 Å². The molecule has 4 aromatic rings. The van der Waals surface area contributed by atoms with Crippen LogP contribution < -0.4 is 37.2 Å². The summed E-state index contributed by atoms with van der Waals surface area (Å²) < 4.78 is 0. The normalized spacial score (nSPS) is 11.0. The Kier molecular flexibility index (Phi) is 13.3. The number of benzene rings is 3. The van der Waals surface area contributed by atoms with Gasteiger partial charge in [-0.15, -0.1) is 5.56 Å². The van der Waals surface area contributed by atoms with Gasteiger partial charge in [0.2, 0.25) is 0 Å². The van der Waals surface area contributed by atoms with E-state index in [-0.39, 0.29) is 64.4 Å². The largest absolute Gasteiger partial charge is 4.00 e. The third-order valence-corrected chi connectivity index (χ3v) is 7.02. The van der Waals surface area contributed by atoms with Gasteiger partial charge in [-0.05, 0) is 58.2 Å². The topological polar surface area (TPSA) is 0 Å². The van der Waals surface area contributed by atoms with Crippen molar-refractivity contribution in [3.63, 3.8) is 0 Å². The van der Waals surface area contributed by atoms with Crippen molar-refractivity contribution in [2.45, 2.75) is 73.1 Å². The van der Waals surface area contributed by atoms with Gasteiger partial charge in [0, 0.05) is 5.41 Å². The molecule has 4 heteroatoms. The van der Waals surface area contributed by atoms with Crippen LogP contribution in [0.3, 0.4) is 0 Å². The first-order valence-electron chi connectivity index (χ1n) is 12.4. The Bertz CT molecular complexity index is 1170. The van der Waals surface area contributed by atoms with Gasteiger partial charge in [0.25, 0.3) is 0 Å². The van der Waals surface area contributed by atoms with Crippen molar-refractivity contribution in [3.05, 3.63) is 134 Å². The molecule has 0 aliphatic heterocycles. The first-order valence-corrected chi connectivity index (χ1v) is 12.4. The van der Waals surface area contributed by atoms with Crippen molar-refractivity contribution in [2.24, 2.45) is 0 Å². The SMILES string of the molecule is Cc1cc(C)cc(C(c2cc(C)cc(C)c2)(c2cc(C)cc(C)c2)[c-]2ccc(C(C)(C)C)c2)c1.[Cl-].[Cl-].[Cl-].[Ti+4]. The molecular weight excluding hydrogens is 563 g/mol. The summed E-state index contributed by atoms with van der Waals surface area (Å²) in [5.74, 6) is 0. The summed E-state index contributed by atoms with van der Waals surface area (Å²) in [6.45, 7) is 20.2. The van der Waals surface area contributed by atoms with Gasteiger partial charge < -0.3 is 37.2 Å². The Morgan fingerprint density at radius 3 is 1.00 bits per heavy atom. The molecule has 0 spiro atoms. The molecule has 0 bridgehead atoms. The summed E-state index contributed by atoms with van der Waals surface area (Å²) in [5.41, 5.74) is 14.3. The van der Waals surface area contributed by atoms with E-state index in [1.807, 2.05) is 0 Å². The molecule has 0 amide bonds. The van der Waals surface area contributed by atoms with E-state index >= 15 is 0 Å². The molecular formula is C34H39Cl3Ti. The molecule has 0 heterocycles. The fourth-order valence-electron chi connectivity index (χ4n) is 5.72. The van der Waals surface area contributed by atoms with E-state index in [0.29, 0.717) is 0 Å². The van der Waals surface area contributed by atoms with E-state index in [1.54, 1.807) is 0 Å². The predicted molar refractivity (Wildman–Crippen MR) is 147 cm³/mol. The molecule has 0 fully saturated rings. The van der Waals surface area contributed by atoms with Crippen LogP contribution in [0.1, 0.15) is 82.0 Å². The molecule has 0 N–H and O–H groups in total. The van der Waals surface area contributed by atoms with Crippen LogP contribution in [-0.4, -0.2) is 0 Å². The molecule has 0 nitrogen and oxygen atoms in total. The summed E-state index contributed by atoms with van der Waals surface area (Å²) in [6, 6.07) is 28.4. The Hall–Kier alpha value is -1.41. The van der Waals surface area contributed by atoms with Gasteiger partial charge in [-0.3, -0.25) is 0 Å². The zero-order valence-electron chi connectivity index (χ0n) is 24.1. The second kappa shape index (κ2) is 13.8. The van der Waals surface area contributed by atoms with Crippen LogP contribution in [0.15, 0.2) is 72.8 Å². The van der Waals surface area contributed by atoms with E-state index in [0.717, 1.165) is 0 Å². The Labute approximate surface area is 264 Å². The third-order valence-electron chi connectivity index (χ3n) is 7.02. The molecule has 0 aromatic heterocycles. The van der Waals surface area contributed by atoms with Gasteiger partial charge in [-0.1, -0.05) is 114 Å². The minimum Gasteiger partial charge on any atom is -1.00 e. The van der Waals surface area contributed by atoms with Crippen molar-refractivity contribution in [1.82, 2.24) is 0 Å². The maximum atomic E-state index is 2.45. The fourth-order valence-corrected chi connectivity index (χ4v) is 5.72. The molecule has 0 saturated carbocycles. The summed E-state index contributed by atoms with van der Waals surface area (Å²) in [4.78, 5) is 0. The van der Waals surface area contributed by atoms with Gasteiger partial charge in [-0.25, -0.2) is 6.07 Å². The molecule has 38 heavy (non-hydrogen) atoms. The van der Waals surface area contributed by atoms with Crippen LogP contribution in [0.25, 0.3) is 0 Å². The molecule has 0 radical (unpaired) electrons. The standard InChI is InChI=1S/C34H39.3ClH.Ti/c1-22-12-23(2)16-30(15-22)34(31-17-24(3)13-25(4)18-31,32-19-26(5)14-27(6)20-32)29-11-10-28(21-29)33(7,8)9;;;;/h10-21H,1-9H3;3*1H;/q-1;;;;+4/p-3. The zero-order valence-corrected chi connectivity index (χ0v) is 27.9. The van der Waals surface area contributed by atoms with Crippen molar-refractivity contribution >= 4 is 0 Å². The molecule has 200 valence electrons. The summed E-state index contributed by atoms with van der Waals surface area (Å²) in [5, 5.41) is 0. The molecule has 4 rings (SSSR count). The smallest absolute Gasteiger partial charge is 1.00 e. The average Bonchev–Trinajstić information content (AvgIpc) is 3.17. The van der Waals surface area contributed by atoms with Crippen molar-refractivity contribution in [2.75, 3.05) is 0 Å². The van der Waals surface area contributed by atoms with Crippen LogP contribution in [0, 0.1) is 41.5 Å². The van der Waals surface area contributed by atoms with Crippen molar-refractivity contribution in [3.8, 4) is 0 Å². The van der Waals surface area contributed by atoms with Gasteiger partial charge in [0.15, 0.2) is 0 Å². The van der Waals surface area contributed by atoms with E-state index in [2.05, 4.69) is 135 Å². The maximum Gasteiger partial charge on any atom is 4.00 e. The van der Waals surface area contributed by atoms with Gasteiger partial charge in [0.1, 0.15) is 0 Å². The maximum absolute atomic E-state index is 2.45. The number of aryl methyl sites for hydroxylation is 6. The minimum absolute atomic E-state index is 0. The monoisotopic (exact) mass is 600 g/mol. The van der Waals surface area contributed by atoms with E-state index in [9.17, 15) is 0 Å². The average molecular weight is 602 g/mol. The predicted octanol–water partition coefficient (Wildman–Crippen LogP) is -0.0543. The Balaban J connectivity index is 0.00000342. The van der Waals surface area contributed by atoms with Crippen molar-refractivity contribution < 1.29 is 58.9 Å². The first-order chi connectivity index (χ1) is 15.9. The molecule has 0 saturated heterocycles. The molecule has 0 unspecified atom stereocenters. The third kappa shape index (κ3) is 7.21.